The number of aromatic nitrogens is 1. The third kappa shape index (κ3) is 2.17. The zero-order chi connectivity index (χ0) is 10.2. The first-order valence-electron chi connectivity index (χ1n) is 4.38. The van der Waals surface area contributed by atoms with Crippen molar-refractivity contribution in [3.05, 3.63) is 16.8 Å². The first kappa shape index (κ1) is 10.2. The summed E-state index contributed by atoms with van der Waals surface area (Å²) in [6, 6.07) is 0. The van der Waals surface area contributed by atoms with Gasteiger partial charge in [-0.05, 0) is 12.8 Å². The van der Waals surface area contributed by atoms with Crippen LogP contribution in [0, 0.1) is 0 Å². The minimum atomic E-state index is -2.87. The molecule has 1 aliphatic heterocycles. The van der Waals surface area contributed by atoms with Crippen LogP contribution in [0.1, 0.15) is 24.5 Å². The molecule has 1 atom stereocenters. The molecule has 0 spiro atoms. The number of sulfone groups is 1. The Morgan fingerprint density at radius 3 is 2.93 bits per heavy atom. The van der Waals surface area contributed by atoms with Crippen molar-refractivity contribution in [2.24, 2.45) is 0 Å². The van der Waals surface area contributed by atoms with E-state index in [9.17, 15) is 8.42 Å². The van der Waals surface area contributed by atoms with E-state index in [4.69, 9.17) is 4.42 Å². The normalized spacial score (nSPS) is 26.2. The maximum atomic E-state index is 11.4. The summed E-state index contributed by atoms with van der Waals surface area (Å²) in [5.74, 6) is 0.512. The third-order valence-corrected chi connectivity index (χ3v) is 4.56. The number of hydrogen-bond donors (Lipinski definition) is 0. The van der Waals surface area contributed by atoms with Gasteiger partial charge in [-0.3, -0.25) is 0 Å². The number of rotatable bonds is 1. The van der Waals surface area contributed by atoms with Crippen LogP contribution < -0.4 is 0 Å². The van der Waals surface area contributed by atoms with Crippen molar-refractivity contribution in [1.82, 2.24) is 4.98 Å². The highest BCUT2D eigenvalue weighted by atomic mass is 79.9. The van der Waals surface area contributed by atoms with Gasteiger partial charge in [0.05, 0.1) is 17.2 Å². The Bertz CT molecular complexity index is 426. The van der Waals surface area contributed by atoms with Gasteiger partial charge in [-0.1, -0.05) is 0 Å². The molecule has 0 saturated carbocycles. The lowest BCUT2D eigenvalue weighted by Gasteiger charge is -2.19. The van der Waals surface area contributed by atoms with Gasteiger partial charge in [0.15, 0.2) is 9.84 Å². The van der Waals surface area contributed by atoms with Gasteiger partial charge in [0, 0.05) is 21.8 Å². The molecular formula is C8H10BrNO3S. The molecule has 1 saturated heterocycles. The predicted octanol–water partition coefficient (Wildman–Crippen LogP) is 1.73. The largest absolute Gasteiger partial charge is 0.439 e. The highest BCUT2D eigenvalue weighted by molar-refractivity contribution is 9.10. The first-order chi connectivity index (χ1) is 6.57. The molecule has 0 aromatic carbocycles. The number of halogens is 1. The molecule has 1 aromatic heterocycles. The zero-order valence-corrected chi connectivity index (χ0v) is 9.84. The van der Waals surface area contributed by atoms with Crippen LogP contribution in [0.25, 0.3) is 0 Å². The molecule has 1 unspecified atom stereocenters. The quantitative estimate of drug-likeness (QED) is 0.786. The van der Waals surface area contributed by atoms with Gasteiger partial charge in [-0.15, -0.1) is 0 Å². The molecule has 2 heterocycles. The second-order valence-electron chi connectivity index (χ2n) is 3.48. The van der Waals surface area contributed by atoms with Crippen molar-refractivity contribution in [2.45, 2.75) is 18.8 Å². The Labute approximate surface area is 90.8 Å². The van der Waals surface area contributed by atoms with Crippen LogP contribution in [0.3, 0.4) is 0 Å². The van der Waals surface area contributed by atoms with Crippen LogP contribution in [0.5, 0.6) is 0 Å². The fourth-order valence-electron chi connectivity index (χ4n) is 1.71. The summed E-state index contributed by atoms with van der Waals surface area (Å²) in [5, 5.41) is 0. The van der Waals surface area contributed by atoms with E-state index in [1.807, 2.05) is 0 Å². The summed E-state index contributed by atoms with van der Waals surface area (Å²) in [6.07, 6.45) is 3.12. The van der Waals surface area contributed by atoms with Crippen molar-refractivity contribution >= 4 is 25.8 Å². The molecule has 0 radical (unpaired) electrons. The topological polar surface area (TPSA) is 60.2 Å². The SMILES string of the molecule is O=S1(=O)CCCC(c2coc(Br)n2)C1. The molecule has 0 N–H and O–H groups in total. The minimum Gasteiger partial charge on any atom is -0.439 e. The van der Waals surface area contributed by atoms with Crippen molar-refractivity contribution in [3.63, 3.8) is 0 Å². The van der Waals surface area contributed by atoms with E-state index < -0.39 is 9.84 Å². The van der Waals surface area contributed by atoms with Gasteiger partial charge in [0.1, 0.15) is 6.26 Å². The molecule has 4 nitrogen and oxygen atoms in total. The smallest absolute Gasteiger partial charge is 0.264 e. The van der Waals surface area contributed by atoms with E-state index in [0.29, 0.717) is 10.6 Å². The second kappa shape index (κ2) is 3.66. The summed E-state index contributed by atoms with van der Waals surface area (Å²) in [4.78, 5) is 4.50. The summed E-state index contributed by atoms with van der Waals surface area (Å²) < 4.78 is 27.7. The van der Waals surface area contributed by atoms with Gasteiger partial charge in [0.2, 0.25) is 0 Å². The highest BCUT2D eigenvalue weighted by Gasteiger charge is 2.27. The molecule has 1 aromatic rings. The molecule has 2 rings (SSSR count). The van der Waals surface area contributed by atoms with Crippen LogP contribution >= 0.6 is 15.9 Å². The van der Waals surface area contributed by atoms with Crippen molar-refractivity contribution < 1.29 is 12.8 Å². The van der Waals surface area contributed by atoms with E-state index in [-0.39, 0.29) is 11.7 Å². The average molecular weight is 280 g/mol. The van der Waals surface area contributed by atoms with Crippen molar-refractivity contribution in [2.75, 3.05) is 11.5 Å². The van der Waals surface area contributed by atoms with Crippen LogP contribution in [0.2, 0.25) is 0 Å². The van der Waals surface area contributed by atoms with E-state index in [0.717, 1.165) is 18.5 Å². The van der Waals surface area contributed by atoms with Crippen molar-refractivity contribution in [1.29, 1.82) is 0 Å². The van der Waals surface area contributed by atoms with Crippen LogP contribution in [0.4, 0.5) is 0 Å². The summed E-state index contributed by atoms with van der Waals surface area (Å²) in [6.45, 7) is 0. The molecule has 6 heteroatoms. The first-order valence-corrected chi connectivity index (χ1v) is 6.99. The van der Waals surface area contributed by atoms with Crippen LogP contribution in [-0.2, 0) is 9.84 Å². The summed E-state index contributed by atoms with van der Waals surface area (Å²) in [7, 11) is -2.87. The monoisotopic (exact) mass is 279 g/mol. The lowest BCUT2D eigenvalue weighted by Crippen LogP contribution is -2.23. The Morgan fingerprint density at radius 1 is 1.57 bits per heavy atom. The fraction of sp³-hybridized carbons (Fsp3) is 0.625. The lowest BCUT2D eigenvalue weighted by molar-refractivity contribution is 0.523. The Kier molecular flexibility index (Phi) is 2.66. The summed E-state index contributed by atoms with van der Waals surface area (Å²) >= 11 is 3.10. The Hall–Kier alpha value is -0.360. The van der Waals surface area contributed by atoms with E-state index in [1.165, 1.54) is 6.26 Å². The highest BCUT2D eigenvalue weighted by Crippen LogP contribution is 2.28. The number of nitrogens with zero attached hydrogens (tertiary/aromatic N) is 1. The predicted molar refractivity (Wildman–Crippen MR) is 54.8 cm³/mol. The van der Waals surface area contributed by atoms with Gasteiger partial charge in [-0.2, -0.15) is 0 Å². The van der Waals surface area contributed by atoms with E-state index >= 15 is 0 Å². The zero-order valence-electron chi connectivity index (χ0n) is 7.44. The van der Waals surface area contributed by atoms with E-state index in [2.05, 4.69) is 20.9 Å². The van der Waals surface area contributed by atoms with Gasteiger partial charge >= 0.3 is 0 Å². The summed E-state index contributed by atoms with van der Waals surface area (Å²) in [5.41, 5.74) is 0.736. The maximum Gasteiger partial charge on any atom is 0.264 e. The molecule has 14 heavy (non-hydrogen) atoms. The van der Waals surface area contributed by atoms with Gasteiger partial charge in [-0.25, -0.2) is 13.4 Å². The third-order valence-electron chi connectivity index (χ3n) is 2.38. The molecule has 0 bridgehead atoms. The van der Waals surface area contributed by atoms with E-state index in [1.54, 1.807) is 0 Å². The lowest BCUT2D eigenvalue weighted by atomic mass is 10.0. The minimum absolute atomic E-state index is 0.00352. The molecule has 78 valence electrons. The molecule has 1 aliphatic rings. The fourth-order valence-corrected chi connectivity index (χ4v) is 3.73. The molecular weight excluding hydrogens is 270 g/mol. The second-order valence-corrected chi connectivity index (χ2v) is 6.39. The standard InChI is InChI=1S/C8H10BrNO3S/c9-8-10-7(4-13-8)6-2-1-3-14(11,12)5-6/h4,6H,1-3,5H2. The average Bonchev–Trinajstić information content (AvgIpc) is 2.50. The molecule has 1 fully saturated rings. The Morgan fingerprint density at radius 2 is 2.36 bits per heavy atom. The van der Waals surface area contributed by atoms with Gasteiger partial charge < -0.3 is 4.42 Å². The van der Waals surface area contributed by atoms with Crippen molar-refractivity contribution in [3.8, 4) is 0 Å². The van der Waals surface area contributed by atoms with Gasteiger partial charge in [0.25, 0.3) is 4.80 Å². The molecule has 0 aliphatic carbocycles. The maximum absolute atomic E-state index is 11.4. The van der Waals surface area contributed by atoms with Crippen LogP contribution in [-0.4, -0.2) is 24.9 Å². The Balaban J connectivity index is 2.20. The molecule has 0 amide bonds. The number of hydrogen-bond acceptors (Lipinski definition) is 4. The van der Waals surface area contributed by atoms with Crippen LogP contribution in [0.15, 0.2) is 15.5 Å². The number of oxazole rings is 1.